The average molecular weight is 201 g/mol. The quantitative estimate of drug-likeness (QED) is 0.756. The van der Waals surface area contributed by atoms with Crippen LogP contribution in [0.2, 0.25) is 5.15 Å². The molecule has 0 saturated carbocycles. The fourth-order valence-electron chi connectivity index (χ4n) is 0.704. The Balaban J connectivity index is 2.54. The third kappa shape index (κ3) is 3.25. The Hall–Kier alpha value is -1.36. The van der Waals surface area contributed by atoms with E-state index >= 15 is 0 Å². The summed E-state index contributed by atoms with van der Waals surface area (Å²) in [6, 6.07) is 2.82. The van der Waals surface area contributed by atoms with E-state index in [1.165, 1.54) is 0 Å². The largest absolute Gasteiger partial charge is 0.338 e. The first-order valence-corrected chi connectivity index (χ1v) is 4.14. The molecule has 0 radical (unpaired) electrons. The molecule has 2 amide bonds. The summed E-state index contributed by atoms with van der Waals surface area (Å²) in [5.41, 5.74) is 0. The van der Waals surface area contributed by atoms with Crippen LogP contribution in [-0.2, 0) is 0 Å². The zero-order valence-corrected chi connectivity index (χ0v) is 7.80. The molecule has 2 N–H and O–H groups in total. The smallest absolute Gasteiger partial charge is 0.320 e. The molecule has 1 aromatic rings. The SMILES string of the molecule is CCNC(=O)Nc1ccc(Cl)nn1. The number of amides is 2. The summed E-state index contributed by atoms with van der Waals surface area (Å²) in [4.78, 5) is 11.0. The lowest BCUT2D eigenvalue weighted by atomic mass is 10.5. The molecule has 1 heterocycles. The van der Waals surface area contributed by atoms with Crippen molar-refractivity contribution in [3.8, 4) is 0 Å². The van der Waals surface area contributed by atoms with Crippen LogP contribution in [0.1, 0.15) is 6.92 Å². The molecule has 5 nitrogen and oxygen atoms in total. The lowest BCUT2D eigenvalue weighted by molar-refractivity contribution is 0.252. The number of anilines is 1. The van der Waals surface area contributed by atoms with Crippen molar-refractivity contribution in [3.05, 3.63) is 17.3 Å². The van der Waals surface area contributed by atoms with Gasteiger partial charge in [-0.2, -0.15) is 0 Å². The van der Waals surface area contributed by atoms with Crippen LogP contribution in [0.3, 0.4) is 0 Å². The third-order valence-corrected chi connectivity index (χ3v) is 1.41. The standard InChI is InChI=1S/C7H9ClN4O/c1-2-9-7(13)10-6-4-3-5(8)11-12-6/h3-4H,2H2,1H3,(H2,9,10,12,13). The van der Waals surface area contributed by atoms with E-state index in [1.54, 1.807) is 12.1 Å². The van der Waals surface area contributed by atoms with Gasteiger partial charge >= 0.3 is 6.03 Å². The summed E-state index contributed by atoms with van der Waals surface area (Å²) in [7, 11) is 0. The number of nitrogens with one attached hydrogen (secondary N) is 2. The van der Waals surface area contributed by atoms with Crippen LogP contribution in [0.25, 0.3) is 0 Å². The van der Waals surface area contributed by atoms with Crippen LogP contribution in [0.15, 0.2) is 12.1 Å². The second-order valence-corrected chi connectivity index (χ2v) is 2.61. The molecule has 0 aliphatic carbocycles. The molecule has 0 unspecified atom stereocenters. The van der Waals surface area contributed by atoms with Crippen molar-refractivity contribution in [2.75, 3.05) is 11.9 Å². The predicted molar refractivity (Wildman–Crippen MR) is 49.7 cm³/mol. The lowest BCUT2D eigenvalue weighted by Gasteiger charge is -2.03. The minimum Gasteiger partial charge on any atom is -0.338 e. The fourth-order valence-corrected chi connectivity index (χ4v) is 0.805. The number of urea groups is 1. The van der Waals surface area contributed by atoms with E-state index in [-0.39, 0.29) is 6.03 Å². The number of halogens is 1. The predicted octanol–water partition coefficient (Wildman–Crippen LogP) is 1.27. The number of rotatable bonds is 2. The summed E-state index contributed by atoms with van der Waals surface area (Å²) in [6.45, 7) is 2.39. The first-order chi connectivity index (χ1) is 6.22. The maximum absolute atomic E-state index is 11.0. The van der Waals surface area contributed by atoms with Crippen LogP contribution < -0.4 is 10.6 Å². The number of hydrogen-bond donors (Lipinski definition) is 2. The summed E-state index contributed by atoms with van der Waals surface area (Å²) >= 11 is 5.51. The van der Waals surface area contributed by atoms with E-state index in [2.05, 4.69) is 20.8 Å². The molecular weight excluding hydrogens is 192 g/mol. The molecule has 0 fully saturated rings. The van der Waals surface area contributed by atoms with Crippen molar-refractivity contribution in [2.45, 2.75) is 6.92 Å². The van der Waals surface area contributed by atoms with E-state index in [0.29, 0.717) is 17.5 Å². The molecule has 1 rings (SSSR count). The molecule has 0 aromatic carbocycles. The Morgan fingerprint density at radius 2 is 2.31 bits per heavy atom. The van der Waals surface area contributed by atoms with Crippen molar-refractivity contribution in [1.29, 1.82) is 0 Å². The van der Waals surface area contributed by atoms with Gasteiger partial charge in [-0.25, -0.2) is 4.79 Å². The van der Waals surface area contributed by atoms with Gasteiger partial charge in [0, 0.05) is 6.54 Å². The normalized spacial score (nSPS) is 9.38. The van der Waals surface area contributed by atoms with Crippen LogP contribution in [0.5, 0.6) is 0 Å². The summed E-state index contributed by atoms with van der Waals surface area (Å²) < 4.78 is 0. The van der Waals surface area contributed by atoms with Gasteiger partial charge < -0.3 is 5.32 Å². The van der Waals surface area contributed by atoms with Gasteiger partial charge in [0.1, 0.15) is 0 Å². The van der Waals surface area contributed by atoms with Gasteiger partial charge in [0.2, 0.25) is 0 Å². The van der Waals surface area contributed by atoms with Crippen LogP contribution >= 0.6 is 11.6 Å². The summed E-state index contributed by atoms with van der Waals surface area (Å²) in [6.07, 6.45) is 0. The van der Waals surface area contributed by atoms with Crippen molar-refractivity contribution in [3.63, 3.8) is 0 Å². The van der Waals surface area contributed by atoms with Gasteiger partial charge in [-0.05, 0) is 19.1 Å². The minimum absolute atomic E-state index is 0.293. The molecule has 13 heavy (non-hydrogen) atoms. The second-order valence-electron chi connectivity index (χ2n) is 2.23. The van der Waals surface area contributed by atoms with Gasteiger partial charge in [0.15, 0.2) is 11.0 Å². The van der Waals surface area contributed by atoms with Gasteiger partial charge in [-0.15, -0.1) is 10.2 Å². The molecule has 70 valence electrons. The van der Waals surface area contributed by atoms with Gasteiger partial charge in [-0.3, -0.25) is 5.32 Å². The lowest BCUT2D eigenvalue weighted by Crippen LogP contribution is -2.28. The van der Waals surface area contributed by atoms with Gasteiger partial charge in [0.05, 0.1) is 0 Å². The van der Waals surface area contributed by atoms with Gasteiger partial charge in [0.25, 0.3) is 0 Å². The van der Waals surface area contributed by atoms with E-state index in [4.69, 9.17) is 11.6 Å². The van der Waals surface area contributed by atoms with Gasteiger partial charge in [-0.1, -0.05) is 11.6 Å². The van der Waals surface area contributed by atoms with E-state index in [0.717, 1.165) is 0 Å². The fraction of sp³-hybridized carbons (Fsp3) is 0.286. The average Bonchev–Trinajstić information content (AvgIpc) is 2.09. The molecule has 0 bridgehead atoms. The topological polar surface area (TPSA) is 66.9 Å². The molecule has 0 aliphatic rings. The Morgan fingerprint density at radius 3 is 2.85 bits per heavy atom. The summed E-state index contributed by atoms with van der Waals surface area (Å²) in [5.74, 6) is 0.371. The van der Waals surface area contributed by atoms with E-state index in [1.807, 2.05) is 6.92 Å². The maximum Gasteiger partial charge on any atom is 0.320 e. The molecule has 0 saturated heterocycles. The van der Waals surface area contributed by atoms with Crippen LogP contribution in [0, 0.1) is 0 Å². The molecule has 6 heteroatoms. The zero-order valence-electron chi connectivity index (χ0n) is 7.04. The number of carbonyl (C=O) groups is 1. The number of nitrogens with zero attached hydrogens (tertiary/aromatic N) is 2. The molecule has 1 aromatic heterocycles. The minimum atomic E-state index is -0.306. The molecule has 0 aliphatic heterocycles. The zero-order chi connectivity index (χ0) is 9.68. The van der Waals surface area contributed by atoms with Crippen molar-refractivity contribution < 1.29 is 4.79 Å². The highest BCUT2D eigenvalue weighted by molar-refractivity contribution is 6.29. The highest BCUT2D eigenvalue weighted by Gasteiger charge is 2.00. The Bertz CT molecular complexity index is 287. The van der Waals surface area contributed by atoms with Crippen molar-refractivity contribution in [2.24, 2.45) is 0 Å². The third-order valence-electron chi connectivity index (χ3n) is 1.21. The highest BCUT2D eigenvalue weighted by atomic mass is 35.5. The van der Waals surface area contributed by atoms with Crippen molar-refractivity contribution >= 4 is 23.4 Å². The second kappa shape index (κ2) is 4.61. The first-order valence-electron chi connectivity index (χ1n) is 3.76. The van der Waals surface area contributed by atoms with Crippen LogP contribution in [-0.4, -0.2) is 22.8 Å². The van der Waals surface area contributed by atoms with E-state index < -0.39 is 0 Å². The molecule has 0 spiro atoms. The van der Waals surface area contributed by atoms with Crippen LogP contribution in [0.4, 0.5) is 10.6 Å². The number of hydrogen-bond acceptors (Lipinski definition) is 3. The first kappa shape index (κ1) is 9.73. The highest BCUT2D eigenvalue weighted by Crippen LogP contribution is 2.05. The monoisotopic (exact) mass is 200 g/mol. The van der Waals surface area contributed by atoms with E-state index in [9.17, 15) is 4.79 Å². The summed E-state index contributed by atoms with van der Waals surface area (Å²) in [5, 5.41) is 12.6. The van der Waals surface area contributed by atoms with Crippen molar-refractivity contribution in [1.82, 2.24) is 15.5 Å². The Labute approximate surface area is 80.5 Å². The molecule has 0 atom stereocenters. The number of aromatic nitrogens is 2. The molecular formula is C7H9ClN4O. The number of carbonyl (C=O) groups excluding carboxylic acids is 1. The maximum atomic E-state index is 11.0. The Kier molecular flexibility index (Phi) is 3.45. The Morgan fingerprint density at radius 1 is 1.54 bits per heavy atom.